The molecule has 1 aliphatic carbocycles. The van der Waals surface area contributed by atoms with Crippen LogP contribution in [-0.4, -0.2) is 73.7 Å². The summed E-state index contributed by atoms with van der Waals surface area (Å²) in [4.78, 5) is 31.2. The van der Waals surface area contributed by atoms with Gasteiger partial charge < -0.3 is 20.2 Å². The quantitative estimate of drug-likeness (QED) is 0.219. The minimum Gasteiger partial charge on any atom is -0.396 e. The van der Waals surface area contributed by atoms with Crippen LogP contribution in [0, 0.1) is 0 Å². The molecule has 2 amide bonds. The second-order valence-electron chi connectivity index (χ2n) is 16.9. The van der Waals surface area contributed by atoms with Gasteiger partial charge in [0.25, 0.3) is 5.91 Å². The van der Waals surface area contributed by atoms with Crippen LogP contribution in [-0.2, 0) is 23.1 Å². The van der Waals surface area contributed by atoms with Gasteiger partial charge in [-0.2, -0.15) is 0 Å². The lowest BCUT2D eigenvalue weighted by molar-refractivity contribution is -0.121. The van der Waals surface area contributed by atoms with Crippen molar-refractivity contribution >= 4 is 23.1 Å². The van der Waals surface area contributed by atoms with Gasteiger partial charge in [-0.3, -0.25) is 9.59 Å². The van der Waals surface area contributed by atoms with Crippen LogP contribution in [0.2, 0.25) is 0 Å². The van der Waals surface area contributed by atoms with Crippen LogP contribution in [0.5, 0.6) is 0 Å². The maximum absolute atomic E-state index is 14.5. The predicted molar refractivity (Wildman–Crippen MR) is 211 cm³/mol. The van der Waals surface area contributed by atoms with E-state index < -0.39 is 0 Å². The number of rotatable bonds is 10. The van der Waals surface area contributed by atoms with Gasteiger partial charge in [-0.25, -0.2) is 4.58 Å². The highest BCUT2D eigenvalue weighted by Gasteiger charge is 2.43. The third-order valence-electron chi connectivity index (χ3n) is 12.5. The van der Waals surface area contributed by atoms with Gasteiger partial charge in [-0.1, -0.05) is 39.0 Å². The molecule has 3 aromatic rings. The number of aryl methyl sites for hydroxylation is 1. The summed E-state index contributed by atoms with van der Waals surface area (Å²) in [5.41, 5.74) is 12.5. The van der Waals surface area contributed by atoms with Crippen LogP contribution in [0.1, 0.15) is 135 Å². The summed E-state index contributed by atoms with van der Waals surface area (Å²) in [7, 11) is 1.85. The Kier molecular flexibility index (Phi) is 9.88. The molecule has 0 radical (unpaired) electrons. The van der Waals surface area contributed by atoms with E-state index in [1.807, 2.05) is 19.2 Å². The molecule has 7 rings (SSSR count). The molecule has 7 heteroatoms. The molecular weight excluding hydrogens is 645 g/mol. The molecule has 4 aliphatic rings. The number of aliphatic hydroxyl groups is 1. The maximum atomic E-state index is 14.5. The fourth-order valence-electron chi connectivity index (χ4n) is 10.3. The van der Waals surface area contributed by atoms with Gasteiger partial charge in [0.1, 0.15) is 13.1 Å². The van der Waals surface area contributed by atoms with Gasteiger partial charge in [-0.15, -0.1) is 0 Å². The summed E-state index contributed by atoms with van der Waals surface area (Å²) in [5.74, 6) is 0.343. The first-order chi connectivity index (χ1) is 24.9. The fraction of sp³-hybridized carbons (Fsp3) is 0.533. The molecule has 0 fully saturated rings. The lowest BCUT2D eigenvalue weighted by atomic mass is 9.64. The lowest BCUT2D eigenvalue weighted by Crippen LogP contribution is -2.50. The fourth-order valence-corrected chi connectivity index (χ4v) is 10.3. The number of nitrogens with zero attached hydrogens (tertiary/aromatic N) is 3. The molecule has 2 N–H and O–H groups in total. The first-order valence-corrected chi connectivity index (χ1v) is 19.9. The number of anilines is 1. The molecule has 1 atom stereocenters. The van der Waals surface area contributed by atoms with Gasteiger partial charge in [0.05, 0.1) is 0 Å². The summed E-state index contributed by atoms with van der Waals surface area (Å²) < 4.78 is 2.65. The van der Waals surface area contributed by atoms with Crippen molar-refractivity contribution in [3.8, 4) is 0 Å². The minimum absolute atomic E-state index is 0.0209. The van der Waals surface area contributed by atoms with E-state index in [-0.39, 0.29) is 29.4 Å². The largest absolute Gasteiger partial charge is 0.396 e. The van der Waals surface area contributed by atoms with Crippen molar-refractivity contribution in [3.05, 3.63) is 97.5 Å². The third-order valence-corrected chi connectivity index (χ3v) is 12.5. The zero-order valence-electron chi connectivity index (χ0n) is 32.6. The lowest BCUT2D eigenvalue weighted by Gasteiger charge is -2.48. The molecule has 1 unspecified atom stereocenters. The Balaban J connectivity index is 1.43. The van der Waals surface area contributed by atoms with Crippen LogP contribution in [0.25, 0.3) is 5.57 Å². The Morgan fingerprint density at radius 1 is 1.02 bits per heavy atom. The zero-order chi connectivity index (χ0) is 36.9. The third kappa shape index (κ3) is 6.17. The molecule has 0 saturated carbocycles. The van der Waals surface area contributed by atoms with E-state index >= 15 is 0 Å². The average Bonchev–Trinajstić information content (AvgIpc) is 3.11. The van der Waals surface area contributed by atoms with Crippen LogP contribution in [0.4, 0.5) is 5.69 Å². The predicted octanol–water partition coefficient (Wildman–Crippen LogP) is 5.42. The van der Waals surface area contributed by atoms with Crippen molar-refractivity contribution < 1.29 is 14.7 Å². The van der Waals surface area contributed by atoms with Crippen molar-refractivity contribution in [2.45, 2.75) is 110 Å². The molecule has 276 valence electrons. The smallest absolute Gasteiger partial charge is 0.254 e. The number of fused-ring (bicyclic) bond motifs is 4. The Hall–Kier alpha value is -3.97. The van der Waals surface area contributed by atoms with Crippen molar-refractivity contribution in [1.82, 2.24) is 14.8 Å². The van der Waals surface area contributed by atoms with Crippen molar-refractivity contribution in [2.24, 2.45) is 0 Å². The molecule has 52 heavy (non-hydrogen) atoms. The standard InChI is InChI=1S/C45H58N4O3/c1-8-49-38-27-37-35(26-34(38)29(2)28-44(49,3)4)40(36-25-30-15-11-22-48-23-12-18-33(42(30)48)41(36)45(37,5)6)31-16-9-10-17-32(31)43(52)47(7)21-13-19-39(51)46-20-14-24-50/h9-10,16-17,25-27,29,50H,8,11-15,18-24,28H2,1-7H3/p+1. The Labute approximate surface area is 310 Å². The van der Waals surface area contributed by atoms with Crippen molar-refractivity contribution in [2.75, 3.05) is 51.3 Å². The molecule has 0 bridgehead atoms. The van der Waals surface area contributed by atoms with Crippen LogP contribution in [0.15, 0.2) is 42.5 Å². The number of carbonyl (C=O) groups excluding carboxylic acids is 2. The van der Waals surface area contributed by atoms with Gasteiger partial charge in [0.15, 0.2) is 0 Å². The van der Waals surface area contributed by atoms with Crippen molar-refractivity contribution in [1.29, 1.82) is 0 Å². The van der Waals surface area contributed by atoms with Crippen molar-refractivity contribution in [3.63, 3.8) is 0 Å². The number of aliphatic hydroxyl groups excluding tert-OH is 1. The molecule has 0 saturated heterocycles. The Morgan fingerprint density at radius 2 is 1.77 bits per heavy atom. The van der Waals surface area contributed by atoms with E-state index in [9.17, 15) is 9.59 Å². The zero-order valence-corrected chi connectivity index (χ0v) is 32.6. The van der Waals surface area contributed by atoms with Crippen LogP contribution >= 0.6 is 0 Å². The molecule has 0 aromatic heterocycles. The minimum atomic E-state index is -0.230. The van der Waals surface area contributed by atoms with E-state index in [0.29, 0.717) is 43.8 Å². The monoisotopic (exact) mass is 703 g/mol. The van der Waals surface area contributed by atoms with E-state index in [2.05, 4.69) is 86.7 Å². The summed E-state index contributed by atoms with van der Waals surface area (Å²) >= 11 is 0. The Bertz CT molecular complexity index is 2040. The second kappa shape index (κ2) is 14.1. The van der Waals surface area contributed by atoms with Gasteiger partial charge >= 0.3 is 0 Å². The number of nitrogens with one attached hydrogen (secondary N) is 1. The number of amides is 2. The highest BCUT2D eigenvalue weighted by atomic mass is 16.3. The SMILES string of the molecule is CCN1c2cc3c(cc2C(C)CC1(C)C)C(c1ccccc1C(=O)N(C)CCCC(=O)NCCCO)=c1cc2c4c(c1C3(C)C)CCC[N+]=4CCC2. The average molecular weight is 704 g/mol. The van der Waals surface area contributed by atoms with Crippen LogP contribution < -0.4 is 25.4 Å². The topological polar surface area (TPSA) is 75.9 Å². The summed E-state index contributed by atoms with van der Waals surface area (Å²) in [6.07, 6.45) is 7.07. The first-order valence-electron chi connectivity index (χ1n) is 19.9. The molecular formula is C45H59N4O3+. The number of hydrogen-bond acceptors (Lipinski definition) is 4. The number of benzene rings is 3. The summed E-state index contributed by atoms with van der Waals surface area (Å²) in [6.45, 7) is 18.6. The van der Waals surface area contributed by atoms with Gasteiger partial charge in [-0.05, 0) is 122 Å². The Morgan fingerprint density at radius 3 is 2.52 bits per heavy atom. The first kappa shape index (κ1) is 36.4. The summed E-state index contributed by atoms with van der Waals surface area (Å²) in [5, 5.41) is 14.7. The molecule has 3 heterocycles. The highest BCUT2D eigenvalue weighted by Crippen LogP contribution is 2.50. The normalized spacial score (nSPS) is 19.3. The molecule has 0 spiro atoms. The second-order valence-corrected chi connectivity index (χ2v) is 16.9. The van der Waals surface area contributed by atoms with E-state index in [0.717, 1.165) is 44.5 Å². The van der Waals surface area contributed by atoms with Gasteiger partial charge in [0.2, 0.25) is 11.3 Å². The highest BCUT2D eigenvalue weighted by molar-refractivity contribution is 6.02. The summed E-state index contributed by atoms with van der Waals surface area (Å²) in [6, 6.07) is 15.8. The molecule has 3 aromatic carbocycles. The van der Waals surface area contributed by atoms with E-state index in [1.54, 1.807) is 4.90 Å². The number of carbonyl (C=O) groups is 2. The molecule has 3 aliphatic heterocycles. The maximum Gasteiger partial charge on any atom is 0.254 e. The molecule has 7 nitrogen and oxygen atoms in total. The van der Waals surface area contributed by atoms with Crippen LogP contribution in [0.3, 0.4) is 0 Å². The van der Waals surface area contributed by atoms with E-state index in [4.69, 9.17) is 5.11 Å². The van der Waals surface area contributed by atoms with Gasteiger partial charge in [0, 0.05) is 85.9 Å². The van der Waals surface area contributed by atoms with E-state index in [1.165, 1.54) is 68.1 Å². The number of hydrogen-bond donors (Lipinski definition) is 2.